The van der Waals surface area contributed by atoms with Crippen LogP contribution in [-0.2, 0) is 18.3 Å². The lowest BCUT2D eigenvalue weighted by molar-refractivity contribution is 0.113. The second kappa shape index (κ2) is 9.42. The van der Waals surface area contributed by atoms with E-state index in [0.29, 0.717) is 6.10 Å². The predicted molar refractivity (Wildman–Crippen MR) is 76.0 cm³/mol. The van der Waals surface area contributed by atoms with Crippen LogP contribution in [0, 0.1) is 0 Å². The highest BCUT2D eigenvalue weighted by Crippen LogP contribution is 2.16. The lowest BCUT2D eigenvalue weighted by atomic mass is 10.5. The first-order valence-electron chi connectivity index (χ1n) is 6.17. The molecular weight excluding hydrogens is 255 g/mol. The summed E-state index contributed by atoms with van der Waals surface area (Å²) < 4.78 is 22.1. The molecule has 0 amide bonds. The first kappa shape index (κ1) is 17.5. The first-order valence-corrected chi connectivity index (χ1v) is 8.70. The molecule has 0 aliphatic carbocycles. The van der Waals surface area contributed by atoms with Gasteiger partial charge >= 0.3 is 8.56 Å². The maximum absolute atomic E-state index is 5.75. The Morgan fingerprint density at radius 2 is 1.82 bits per heavy atom. The van der Waals surface area contributed by atoms with Gasteiger partial charge in [-0.3, -0.25) is 0 Å². The molecule has 1 aliphatic rings. The molecule has 1 fully saturated rings. The Balaban J connectivity index is 0.00000256. The van der Waals surface area contributed by atoms with Crippen LogP contribution in [0.1, 0.15) is 20.3 Å². The highest BCUT2D eigenvalue weighted by molar-refractivity contribution is 6.92. The molecule has 1 rings (SSSR count). The van der Waals surface area contributed by atoms with Crippen LogP contribution in [0.15, 0.2) is 0 Å². The molecule has 0 aromatic carbocycles. The summed E-state index contributed by atoms with van der Waals surface area (Å²) in [7, 11) is -1.92. The molecule has 0 saturated carbocycles. The van der Waals surface area contributed by atoms with Gasteiger partial charge in [0, 0.05) is 19.8 Å². The van der Waals surface area contributed by atoms with Gasteiger partial charge in [0.2, 0.25) is 0 Å². The van der Waals surface area contributed by atoms with Crippen molar-refractivity contribution in [2.75, 3.05) is 33.0 Å². The fraction of sp³-hybridized carbons (Fsp3) is 1.00. The van der Waals surface area contributed by atoms with E-state index >= 15 is 0 Å². The Morgan fingerprint density at radius 1 is 1.24 bits per heavy atom. The molecule has 0 N–H and O–H groups in total. The van der Waals surface area contributed by atoms with Crippen LogP contribution in [0.5, 0.6) is 0 Å². The molecule has 1 aliphatic heterocycles. The second-order valence-corrected chi connectivity index (χ2v) is 7.48. The van der Waals surface area contributed by atoms with Crippen molar-refractivity contribution < 1.29 is 18.3 Å². The lowest BCUT2D eigenvalue weighted by Gasteiger charge is -2.25. The van der Waals surface area contributed by atoms with Crippen molar-refractivity contribution in [3.05, 3.63) is 0 Å². The third-order valence-electron chi connectivity index (χ3n) is 2.53. The summed E-state index contributed by atoms with van der Waals surface area (Å²) in [4.78, 5) is 0. The van der Waals surface area contributed by atoms with E-state index in [0.717, 1.165) is 45.5 Å². The van der Waals surface area contributed by atoms with Gasteiger partial charge in [-0.25, -0.2) is 0 Å². The minimum absolute atomic E-state index is 0. The van der Waals surface area contributed by atoms with Crippen molar-refractivity contribution in [3.63, 3.8) is 0 Å². The summed E-state index contributed by atoms with van der Waals surface area (Å²) in [6, 6.07) is 1.00. The summed E-state index contributed by atoms with van der Waals surface area (Å²) in [5.74, 6) is 0. The Labute approximate surface area is 109 Å². The molecule has 1 saturated heterocycles. The SMILES string of the molecule is CCO[Si](C)(CCCOCC1CO1)OCC.P. The van der Waals surface area contributed by atoms with Gasteiger partial charge in [-0.05, 0) is 32.9 Å². The third-order valence-corrected chi connectivity index (χ3v) is 5.59. The summed E-state index contributed by atoms with van der Waals surface area (Å²) >= 11 is 0. The molecule has 2 atom stereocenters. The summed E-state index contributed by atoms with van der Waals surface area (Å²) in [6.07, 6.45) is 1.37. The molecule has 0 aromatic heterocycles. The van der Waals surface area contributed by atoms with Gasteiger partial charge in [0.1, 0.15) is 6.10 Å². The van der Waals surface area contributed by atoms with Gasteiger partial charge in [-0.2, -0.15) is 9.90 Å². The second-order valence-electron chi connectivity index (χ2n) is 4.13. The van der Waals surface area contributed by atoms with E-state index in [4.69, 9.17) is 18.3 Å². The number of ether oxygens (including phenoxy) is 2. The van der Waals surface area contributed by atoms with E-state index in [1.54, 1.807) is 0 Å². The van der Waals surface area contributed by atoms with E-state index in [1.165, 1.54) is 0 Å². The minimum Gasteiger partial charge on any atom is -0.395 e. The highest BCUT2D eigenvalue weighted by Gasteiger charge is 2.30. The molecule has 0 radical (unpaired) electrons. The van der Waals surface area contributed by atoms with Crippen LogP contribution in [0.3, 0.4) is 0 Å². The maximum Gasteiger partial charge on any atom is 0.334 e. The van der Waals surface area contributed by atoms with Crippen LogP contribution < -0.4 is 0 Å². The standard InChI is InChI=1S/C11H24O4Si.H3P/c1-4-14-16(3,15-5-2)8-6-7-12-9-11-10-13-11;/h11H,4-10H2,1-3H3;1H3. The first-order chi connectivity index (χ1) is 7.70. The fourth-order valence-electron chi connectivity index (χ4n) is 1.67. The van der Waals surface area contributed by atoms with Gasteiger partial charge in [-0.1, -0.05) is 0 Å². The fourth-order valence-corrected chi connectivity index (χ4v) is 4.05. The Morgan fingerprint density at radius 3 is 2.29 bits per heavy atom. The quantitative estimate of drug-likeness (QED) is 0.266. The normalized spacial score (nSPS) is 18.9. The zero-order valence-electron chi connectivity index (χ0n) is 11.4. The zero-order chi connectivity index (χ0) is 11.9. The van der Waals surface area contributed by atoms with Crippen molar-refractivity contribution in [2.45, 2.75) is 39.0 Å². The number of hydrogen-bond acceptors (Lipinski definition) is 4. The third kappa shape index (κ3) is 8.24. The summed E-state index contributed by atoms with van der Waals surface area (Å²) in [5, 5.41) is 0. The summed E-state index contributed by atoms with van der Waals surface area (Å²) in [6.45, 7) is 10.0. The van der Waals surface area contributed by atoms with Crippen LogP contribution in [0.25, 0.3) is 0 Å². The molecule has 1 heterocycles. The van der Waals surface area contributed by atoms with Crippen molar-refractivity contribution in [1.82, 2.24) is 0 Å². The summed E-state index contributed by atoms with van der Waals surface area (Å²) in [5.41, 5.74) is 0. The number of rotatable bonds is 10. The van der Waals surface area contributed by atoms with Gasteiger partial charge in [-0.15, -0.1) is 0 Å². The van der Waals surface area contributed by atoms with Crippen LogP contribution in [0.4, 0.5) is 0 Å². The van der Waals surface area contributed by atoms with Crippen LogP contribution >= 0.6 is 9.90 Å². The lowest BCUT2D eigenvalue weighted by Crippen LogP contribution is -2.38. The number of epoxide rings is 1. The predicted octanol–water partition coefficient (Wildman–Crippen LogP) is 2.00. The van der Waals surface area contributed by atoms with Crippen molar-refractivity contribution in [1.29, 1.82) is 0 Å². The maximum atomic E-state index is 5.75. The molecule has 104 valence electrons. The van der Waals surface area contributed by atoms with Gasteiger partial charge in [0.25, 0.3) is 0 Å². The van der Waals surface area contributed by atoms with E-state index in [9.17, 15) is 0 Å². The van der Waals surface area contributed by atoms with Gasteiger partial charge in [0.05, 0.1) is 13.2 Å². The largest absolute Gasteiger partial charge is 0.395 e. The van der Waals surface area contributed by atoms with Gasteiger partial charge in [0.15, 0.2) is 0 Å². The monoisotopic (exact) mass is 282 g/mol. The minimum atomic E-state index is -1.92. The molecular formula is C11H27O4PSi. The molecule has 0 bridgehead atoms. The Kier molecular flexibility index (Phi) is 9.69. The van der Waals surface area contributed by atoms with Crippen molar-refractivity contribution >= 4 is 18.5 Å². The average molecular weight is 282 g/mol. The van der Waals surface area contributed by atoms with E-state index in [-0.39, 0.29) is 9.90 Å². The van der Waals surface area contributed by atoms with Crippen LogP contribution in [0.2, 0.25) is 12.6 Å². The van der Waals surface area contributed by atoms with E-state index in [1.807, 2.05) is 13.8 Å². The molecule has 0 spiro atoms. The van der Waals surface area contributed by atoms with E-state index in [2.05, 4.69) is 6.55 Å². The Bertz CT molecular complexity index is 184. The zero-order valence-corrected chi connectivity index (χ0v) is 13.8. The highest BCUT2D eigenvalue weighted by atomic mass is 31.0. The smallest absolute Gasteiger partial charge is 0.334 e. The van der Waals surface area contributed by atoms with Crippen LogP contribution in [-0.4, -0.2) is 47.7 Å². The van der Waals surface area contributed by atoms with Gasteiger partial charge < -0.3 is 18.3 Å². The topological polar surface area (TPSA) is 40.2 Å². The molecule has 6 heteroatoms. The molecule has 17 heavy (non-hydrogen) atoms. The average Bonchev–Trinajstić information content (AvgIpc) is 3.02. The number of hydrogen-bond donors (Lipinski definition) is 0. The molecule has 4 nitrogen and oxygen atoms in total. The van der Waals surface area contributed by atoms with Crippen molar-refractivity contribution in [2.24, 2.45) is 0 Å². The molecule has 0 aromatic rings. The van der Waals surface area contributed by atoms with E-state index < -0.39 is 8.56 Å². The molecule has 2 unspecified atom stereocenters. The Hall–Kier alpha value is 0.487. The van der Waals surface area contributed by atoms with Crippen molar-refractivity contribution in [3.8, 4) is 0 Å².